The Kier molecular flexibility index (Phi) is 3.24. The van der Waals surface area contributed by atoms with Gasteiger partial charge in [-0.3, -0.25) is 4.98 Å². The molecule has 1 N–H and O–H groups in total. The van der Waals surface area contributed by atoms with Crippen LogP contribution >= 0.6 is 0 Å². The number of rotatable bonds is 3. The number of nitrogens with zero attached hydrogens (tertiary/aromatic N) is 1. The summed E-state index contributed by atoms with van der Waals surface area (Å²) in [7, 11) is -0.313. The number of hydrogen-bond donors (Lipinski definition) is 1. The van der Waals surface area contributed by atoms with E-state index in [1.165, 1.54) is 5.56 Å². The molecule has 4 nitrogen and oxygen atoms in total. The van der Waals surface area contributed by atoms with E-state index in [1.54, 1.807) is 0 Å². The van der Waals surface area contributed by atoms with E-state index in [-0.39, 0.29) is 18.3 Å². The van der Waals surface area contributed by atoms with Crippen molar-refractivity contribution in [1.82, 2.24) is 10.3 Å². The van der Waals surface area contributed by atoms with Gasteiger partial charge in [0.15, 0.2) is 0 Å². The maximum atomic E-state index is 5.91. The van der Waals surface area contributed by atoms with E-state index in [2.05, 4.69) is 44.1 Å². The molecule has 0 bridgehead atoms. The second-order valence-electron chi connectivity index (χ2n) is 6.46. The fourth-order valence-corrected chi connectivity index (χ4v) is 2.16. The summed E-state index contributed by atoms with van der Waals surface area (Å²) in [6, 6.07) is 4.64. The second kappa shape index (κ2) is 4.69. The normalized spacial score (nSPS) is 27.2. The minimum Gasteiger partial charge on any atom is -0.400 e. The third-order valence-electron chi connectivity index (χ3n) is 4.32. The van der Waals surface area contributed by atoms with Crippen LogP contribution in [-0.2, 0) is 9.31 Å². The standard InChI is InChI=1S/C15H21BN2O2/c1-14(2)15(3,4)20-16(19-14)8-7-12-6-5-11(9-17-12)13-10-18-13/h5-9,13,18H,10H2,1-4H3/b8-7+/t13-/m1/s1. The van der Waals surface area contributed by atoms with Crippen LogP contribution in [0, 0.1) is 0 Å². The third-order valence-corrected chi connectivity index (χ3v) is 4.32. The number of aromatic nitrogens is 1. The Morgan fingerprint density at radius 3 is 2.40 bits per heavy atom. The van der Waals surface area contributed by atoms with Crippen molar-refractivity contribution in [2.75, 3.05) is 6.54 Å². The molecule has 1 aromatic rings. The first-order valence-corrected chi connectivity index (χ1v) is 7.11. The van der Waals surface area contributed by atoms with Crippen molar-refractivity contribution in [3.05, 3.63) is 35.6 Å². The van der Waals surface area contributed by atoms with Gasteiger partial charge >= 0.3 is 7.12 Å². The molecule has 2 fully saturated rings. The SMILES string of the molecule is CC1(C)OB(/C=C/c2ccc([C@H]3CN3)cn2)OC1(C)C. The monoisotopic (exact) mass is 272 g/mol. The van der Waals surface area contributed by atoms with Crippen LogP contribution in [0.25, 0.3) is 6.08 Å². The zero-order chi connectivity index (χ0) is 14.4. The molecule has 0 radical (unpaired) electrons. The molecule has 3 rings (SSSR count). The quantitative estimate of drug-likeness (QED) is 0.678. The highest BCUT2D eigenvalue weighted by Gasteiger charge is 2.49. The van der Waals surface area contributed by atoms with Gasteiger partial charge in [-0.25, -0.2) is 0 Å². The smallest absolute Gasteiger partial charge is 0.400 e. The number of hydrogen-bond acceptors (Lipinski definition) is 4. The third kappa shape index (κ3) is 2.66. The van der Waals surface area contributed by atoms with Gasteiger partial charge in [0.05, 0.1) is 16.9 Å². The molecule has 106 valence electrons. The van der Waals surface area contributed by atoms with E-state index in [0.29, 0.717) is 6.04 Å². The van der Waals surface area contributed by atoms with Crippen molar-refractivity contribution < 1.29 is 9.31 Å². The highest BCUT2D eigenvalue weighted by atomic mass is 16.7. The Morgan fingerprint density at radius 1 is 1.25 bits per heavy atom. The first-order chi connectivity index (χ1) is 9.37. The maximum absolute atomic E-state index is 5.91. The zero-order valence-corrected chi connectivity index (χ0v) is 12.5. The van der Waals surface area contributed by atoms with Crippen LogP contribution in [0.5, 0.6) is 0 Å². The average Bonchev–Trinajstić information content (AvgIpc) is 3.17. The molecule has 3 heterocycles. The lowest BCUT2D eigenvalue weighted by Crippen LogP contribution is -2.41. The zero-order valence-electron chi connectivity index (χ0n) is 12.5. The molecule has 1 aromatic heterocycles. The second-order valence-corrected chi connectivity index (χ2v) is 6.46. The van der Waals surface area contributed by atoms with E-state index in [0.717, 1.165) is 12.2 Å². The number of pyridine rings is 1. The minimum atomic E-state index is -0.313. The average molecular weight is 272 g/mol. The summed E-state index contributed by atoms with van der Waals surface area (Å²) >= 11 is 0. The van der Waals surface area contributed by atoms with Gasteiger partial charge in [0.2, 0.25) is 0 Å². The minimum absolute atomic E-state index is 0.295. The molecule has 0 saturated carbocycles. The maximum Gasteiger partial charge on any atom is 0.487 e. The Morgan fingerprint density at radius 2 is 1.90 bits per heavy atom. The molecular formula is C15H21BN2O2. The Hall–Kier alpha value is -1.17. The topological polar surface area (TPSA) is 53.3 Å². The summed E-state index contributed by atoms with van der Waals surface area (Å²) in [6.07, 6.45) is 3.88. The Bertz CT molecular complexity index is 505. The van der Waals surface area contributed by atoms with Gasteiger partial charge in [-0.05, 0) is 45.4 Å². The van der Waals surface area contributed by atoms with Gasteiger partial charge in [-0.15, -0.1) is 0 Å². The molecule has 0 amide bonds. The predicted molar refractivity (Wildman–Crippen MR) is 80.1 cm³/mol. The molecule has 0 unspecified atom stereocenters. The van der Waals surface area contributed by atoms with Crippen molar-refractivity contribution in [2.24, 2.45) is 0 Å². The van der Waals surface area contributed by atoms with Crippen LogP contribution in [0.3, 0.4) is 0 Å². The van der Waals surface area contributed by atoms with Crippen LogP contribution in [0.1, 0.15) is 45.0 Å². The van der Waals surface area contributed by atoms with E-state index < -0.39 is 0 Å². The van der Waals surface area contributed by atoms with Gasteiger partial charge in [-0.2, -0.15) is 0 Å². The summed E-state index contributed by atoms with van der Waals surface area (Å²) in [6.45, 7) is 9.27. The molecule has 2 aliphatic heterocycles. The summed E-state index contributed by atoms with van der Waals surface area (Å²) in [5.74, 6) is 1.92. The highest BCUT2D eigenvalue weighted by molar-refractivity contribution is 6.52. The van der Waals surface area contributed by atoms with Gasteiger partial charge < -0.3 is 14.6 Å². The summed E-state index contributed by atoms with van der Waals surface area (Å²) in [5.41, 5.74) is 1.58. The van der Waals surface area contributed by atoms with Crippen molar-refractivity contribution in [3.8, 4) is 0 Å². The van der Waals surface area contributed by atoms with Gasteiger partial charge in [0.25, 0.3) is 0 Å². The molecule has 0 spiro atoms. The van der Waals surface area contributed by atoms with Crippen LogP contribution in [-0.4, -0.2) is 29.8 Å². The summed E-state index contributed by atoms with van der Waals surface area (Å²) in [5, 5.41) is 3.27. The van der Waals surface area contributed by atoms with Crippen molar-refractivity contribution in [3.63, 3.8) is 0 Å². The van der Waals surface area contributed by atoms with E-state index >= 15 is 0 Å². The first-order valence-electron chi connectivity index (χ1n) is 7.11. The van der Waals surface area contributed by atoms with Crippen LogP contribution in [0.15, 0.2) is 24.3 Å². The van der Waals surface area contributed by atoms with E-state index in [4.69, 9.17) is 9.31 Å². The molecule has 2 aliphatic rings. The summed E-state index contributed by atoms with van der Waals surface area (Å²) in [4.78, 5) is 4.44. The Labute approximate surface area is 120 Å². The molecule has 0 aliphatic carbocycles. The first kappa shape index (κ1) is 13.8. The molecule has 20 heavy (non-hydrogen) atoms. The van der Waals surface area contributed by atoms with Crippen molar-refractivity contribution in [2.45, 2.75) is 44.9 Å². The lowest BCUT2D eigenvalue weighted by atomic mass is 9.89. The fourth-order valence-electron chi connectivity index (χ4n) is 2.16. The highest BCUT2D eigenvalue weighted by Crippen LogP contribution is 2.37. The van der Waals surface area contributed by atoms with Crippen LogP contribution in [0.2, 0.25) is 0 Å². The molecule has 5 heteroatoms. The number of nitrogens with one attached hydrogen (secondary N) is 1. The lowest BCUT2D eigenvalue weighted by molar-refractivity contribution is 0.00578. The summed E-state index contributed by atoms with van der Waals surface area (Å²) < 4.78 is 11.8. The molecule has 1 atom stereocenters. The molecule has 0 aromatic carbocycles. The van der Waals surface area contributed by atoms with Gasteiger partial charge in [-0.1, -0.05) is 12.0 Å². The molecular weight excluding hydrogens is 251 g/mol. The van der Waals surface area contributed by atoms with E-state index in [1.807, 2.05) is 24.3 Å². The van der Waals surface area contributed by atoms with Crippen LogP contribution in [0.4, 0.5) is 0 Å². The fraction of sp³-hybridized carbons (Fsp3) is 0.533. The Balaban J connectivity index is 1.65. The van der Waals surface area contributed by atoms with E-state index in [9.17, 15) is 0 Å². The predicted octanol–water partition coefficient (Wildman–Crippen LogP) is 2.37. The van der Waals surface area contributed by atoms with Gasteiger partial charge in [0, 0.05) is 18.8 Å². The van der Waals surface area contributed by atoms with Crippen molar-refractivity contribution >= 4 is 13.2 Å². The van der Waals surface area contributed by atoms with Crippen LogP contribution < -0.4 is 5.32 Å². The van der Waals surface area contributed by atoms with Crippen molar-refractivity contribution in [1.29, 1.82) is 0 Å². The molecule has 2 saturated heterocycles. The van der Waals surface area contributed by atoms with Gasteiger partial charge in [0.1, 0.15) is 0 Å². The lowest BCUT2D eigenvalue weighted by Gasteiger charge is -2.32. The largest absolute Gasteiger partial charge is 0.487 e.